The molecule has 2 aromatic rings. The molecule has 1 aromatic heterocycles. The first-order valence-corrected chi connectivity index (χ1v) is 5.54. The summed E-state index contributed by atoms with van der Waals surface area (Å²) < 4.78 is 1.31. The lowest BCUT2D eigenvalue weighted by Gasteiger charge is -2.03. The summed E-state index contributed by atoms with van der Waals surface area (Å²) in [5.74, 6) is -0.0000463. The van der Waals surface area contributed by atoms with Crippen LogP contribution in [-0.2, 0) is 6.54 Å². The van der Waals surface area contributed by atoms with Crippen LogP contribution in [0.5, 0.6) is 5.88 Å². The number of benzene rings is 1. The molecule has 0 unspecified atom stereocenters. The molecule has 0 saturated carbocycles. The van der Waals surface area contributed by atoms with Gasteiger partial charge < -0.3 is 5.11 Å². The van der Waals surface area contributed by atoms with E-state index in [4.69, 9.17) is 11.6 Å². The zero-order valence-electron chi connectivity index (χ0n) is 7.68. The number of hydrogen-bond donors (Lipinski definition) is 1. The van der Waals surface area contributed by atoms with Crippen molar-refractivity contribution in [3.63, 3.8) is 0 Å². The molecule has 1 heterocycles. The summed E-state index contributed by atoms with van der Waals surface area (Å²) >= 11 is 6.72. The van der Waals surface area contributed by atoms with Crippen LogP contribution in [0.2, 0.25) is 5.02 Å². The second kappa shape index (κ2) is 4.08. The normalized spacial score (nSPS) is 10.5. The molecule has 0 spiro atoms. The molecule has 5 heteroatoms. The van der Waals surface area contributed by atoms with Gasteiger partial charge in [-0.1, -0.05) is 35.1 Å². The van der Waals surface area contributed by atoms with Gasteiger partial charge in [0.15, 0.2) is 0 Å². The van der Waals surface area contributed by atoms with Crippen LogP contribution < -0.4 is 4.87 Å². The zero-order valence-corrected chi connectivity index (χ0v) is 9.26. The first-order valence-electron chi connectivity index (χ1n) is 4.28. The molecule has 15 heavy (non-hydrogen) atoms. The van der Waals surface area contributed by atoms with E-state index in [0.29, 0.717) is 11.6 Å². The van der Waals surface area contributed by atoms with Crippen molar-refractivity contribution in [1.82, 2.24) is 4.57 Å². The maximum absolute atomic E-state index is 11.3. The summed E-state index contributed by atoms with van der Waals surface area (Å²) in [6.07, 6.45) is 0. The molecule has 1 N–H and O–H groups in total. The van der Waals surface area contributed by atoms with Crippen LogP contribution >= 0.6 is 22.9 Å². The van der Waals surface area contributed by atoms with Gasteiger partial charge in [0.05, 0.1) is 11.9 Å². The van der Waals surface area contributed by atoms with Crippen molar-refractivity contribution in [3.8, 4) is 5.88 Å². The second-order valence-corrected chi connectivity index (χ2v) is 4.33. The van der Waals surface area contributed by atoms with Gasteiger partial charge in [0.1, 0.15) is 0 Å². The van der Waals surface area contributed by atoms with E-state index in [2.05, 4.69) is 0 Å². The Morgan fingerprint density at radius 1 is 1.33 bits per heavy atom. The molecule has 1 aromatic carbocycles. The summed E-state index contributed by atoms with van der Waals surface area (Å²) in [7, 11) is 0. The van der Waals surface area contributed by atoms with Crippen LogP contribution in [0.25, 0.3) is 0 Å². The van der Waals surface area contributed by atoms with Gasteiger partial charge in [-0.05, 0) is 17.7 Å². The van der Waals surface area contributed by atoms with E-state index in [-0.39, 0.29) is 10.8 Å². The molecular formula is C10H8ClNO2S. The molecule has 0 amide bonds. The van der Waals surface area contributed by atoms with E-state index in [1.54, 1.807) is 12.1 Å². The molecule has 0 aliphatic carbocycles. The number of nitrogens with zero attached hydrogens (tertiary/aromatic N) is 1. The maximum Gasteiger partial charge on any atom is 0.310 e. The fourth-order valence-electron chi connectivity index (χ4n) is 1.24. The Labute approximate surface area is 95.2 Å². The van der Waals surface area contributed by atoms with Gasteiger partial charge in [-0.25, -0.2) is 0 Å². The van der Waals surface area contributed by atoms with Gasteiger partial charge >= 0.3 is 4.87 Å². The first kappa shape index (κ1) is 10.3. The van der Waals surface area contributed by atoms with E-state index >= 15 is 0 Å². The lowest BCUT2D eigenvalue weighted by atomic mass is 10.2. The summed E-state index contributed by atoms with van der Waals surface area (Å²) in [4.78, 5) is 11.1. The van der Waals surface area contributed by atoms with E-state index in [0.717, 1.165) is 16.9 Å². The number of rotatable bonds is 2. The molecule has 78 valence electrons. The minimum atomic E-state index is -0.164. The fraction of sp³-hybridized carbons (Fsp3) is 0.100. The second-order valence-electron chi connectivity index (χ2n) is 3.07. The zero-order chi connectivity index (χ0) is 10.8. The third-order valence-corrected chi connectivity index (χ3v) is 3.02. The molecule has 0 fully saturated rings. The molecule has 0 atom stereocenters. The summed E-state index contributed by atoms with van der Waals surface area (Å²) in [6, 6.07) is 7.16. The van der Waals surface area contributed by atoms with Crippen molar-refractivity contribution < 1.29 is 5.11 Å². The quantitative estimate of drug-likeness (QED) is 0.877. The topological polar surface area (TPSA) is 42.2 Å². The van der Waals surface area contributed by atoms with Crippen LogP contribution in [0.1, 0.15) is 5.56 Å². The Morgan fingerprint density at radius 3 is 2.53 bits per heavy atom. The molecule has 0 radical (unpaired) electrons. The van der Waals surface area contributed by atoms with E-state index in [1.165, 1.54) is 9.95 Å². The highest BCUT2D eigenvalue weighted by Gasteiger charge is 2.05. The number of halogens is 1. The molecule has 3 nitrogen and oxygen atoms in total. The van der Waals surface area contributed by atoms with Crippen molar-refractivity contribution >= 4 is 22.9 Å². The Hall–Kier alpha value is -1.26. The van der Waals surface area contributed by atoms with Gasteiger partial charge in [-0.2, -0.15) is 0 Å². The maximum atomic E-state index is 11.3. The molecule has 0 bridgehead atoms. The average Bonchev–Trinajstić information content (AvgIpc) is 2.53. The Morgan fingerprint density at radius 2 is 2.00 bits per heavy atom. The van der Waals surface area contributed by atoms with Gasteiger partial charge in [0.2, 0.25) is 5.88 Å². The molecule has 0 aliphatic rings. The number of thiazole rings is 1. The van der Waals surface area contributed by atoms with Crippen LogP contribution in [0.4, 0.5) is 0 Å². The summed E-state index contributed by atoms with van der Waals surface area (Å²) in [5.41, 5.74) is 0.926. The van der Waals surface area contributed by atoms with Crippen molar-refractivity contribution in [2.24, 2.45) is 0 Å². The van der Waals surface area contributed by atoms with Crippen molar-refractivity contribution in [1.29, 1.82) is 0 Å². The summed E-state index contributed by atoms with van der Waals surface area (Å²) in [5, 5.41) is 11.5. The highest BCUT2D eigenvalue weighted by atomic mass is 35.5. The van der Waals surface area contributed by atoms with Crippen LogP contribution in [0.3, 0.4) is 0 Å². The predicted molar refractivity (Wildman–Crippen MR) is 60.8 cm³/mol. The van der Waals surface area contributed by atoms with Crippen LogP contribution in [-0.4, -0.2) is 9.67 Å². The van der Waals surface area contributed by atoms with Gasteiger partial charge in [-0.3, -0.25) is 9.36 Å². The molecule has 2 rings (SSSR count). The highest BCUT2D eigenvalue weighted by Crippen LogP contribution is 2.14. The van der Waals surface area contributed by atoms with Crippen molar-refractivity contribution in [3.05, 3.63) is 49.9 Å². The standard InChI is InChI=1S/C10H8ClNO2S/c11-8-3-1-7(2-4-8)5-12-9(13)6-15-10(12)14/h1-4,6,13H,5H2. The fourth-order valence-corrected chi connectivity index (χ4v) is 1.99. The van der Waals surface area contributed by atoms with Crippen molar-refractivity contribution in [2.75, 3.05) is 0 Å². The molecule has 0 aliphatic heterocycles. The highest BCUT2D eigenvalue weighted by molar-refractivity contribution is 7.07. The number of hydrogen-bond acceptors (Lipinski definition) is 3. The van der Waals surface area contributed by atoms with E-state index in [9.17, 15) is 9.90 Å². The predicted octanol–water partition coefficient (Wildman–Crippen LogP) is 2.32. The first-order chi connectivity index (χ1) is 7.16. The third kappa shape index (κ3) is 2.22. The van der Waals surface area contributed by atoms with Crippen molar-refractivity contribution in [2.45, 2.75) is 6.54 Å². The minimum absolute atomic E-state index is 0.0000463. The molecular weight excluding hydrogens is 234 g/mol. The average molecular weight is 242 g/mol. The van der Waals surface area contributed by atoms with Crippen LogP contribution in [0.15, 0.2) is 34.4 Å². The SMILES string of the molecule is O=c1scc(O)n1Cc1ccc(Cl)cc1. The molecule has 0 saturated heterocycles. The lowest BCUT2D eigenvalue weighted by Crippen LogP contribution is -2.13. The largest absolute Gasteiger partial charge is 0.494 e. The smallest absolute Gasteiger partial charge is 0.310 e. The van der Waals surface area contributed by atoms with Gasteiger partial charge in [0.25, 0.3) is 0 Å². The monoisotopic (exact) mass is 241 g/mol. The minimum Gasteiger partial charge on any atom is -0.494 e. The Balaban J connectivity index is 2.29. The third-order valence-electron chi connectivity index (χ3n) is 2.02. The Kier molecular flexibility index (Phi) is 2.79. The Bertz CT molecular complexity index is 515. The summed E-state index contributed by atoms with van der Waals surface area (Å²) in [6.45, 7) is 0.366. The number of aromatic hydroxyl groups is 1. The van der Waals surface area contributed by atoms with E-state index < -0.39 is 0 Å². The van der Waals surface area contributed by atoms with Crippen LogP contribution in [0, 0.1) is 0 Å². The lowest BCUT2D eigenvalue weighted by molar-refractivity contribution is 0.421. The van der Waals surface area contributed by atoms with E-state index in [1.807, 2.05) is 12.1 Å². The number of aromatic nitrogens is 1. The van der Waals surface area contributed by atoms with Gasteiger partial charge in [-0.15, -0.1) is 0 Å². The van der Waals surface area contributed by atoms with Gasteiger partial charge in [0, 0.05) is 5.02 Å².